The fraction of sp³-hybridized carbons (Fsp3) is 0.135. The van der Waals surface area contributed by atoms with Crippen molar-refractivity contribution in [2.45, 2.75) is 30.6 Å². The van der Waals surface area contributed by atoms with Crippen LogP contribution in [0, 0.1) is 6.92 Å². The lowest BCUT2D eigenvalue weighted by Gasteiger charge is -2.34. The molecule has 0 N–H and O–H groups in total. The first-order chi connectivity index (χ1) is 19.0. The Morgan fingerprint density at radius 2 is 1.51 bits per heavy atom. The number of thioether (sulfide) groups is 1. The first kappa shape index (κ1) is 26.6. The maximum Gasteiger partial charge on any atom is 0.0798 e. The summed E-state index contributed by atoms with van der Waals surface area (Å²) in [5, 5.41) is 3.79. The number of aryl methyl sites for hydroxylation is 1. The van der Waals surface area contributed by atoms with Gasteiger partial charge in [0.2, 0.25) is 0 Å². The molecule has 5 rings (SSSR count). The predicted octanol–water partition coefficient (Wildman–Crippen LogP) is 9.96. The molecule has 4 aromatic rings. The van der Waals surface area contributed by atoms with Crippen molar-refractivity contribution < 1.29 is 0 Å². The maximum atomic E-state index is 4.61. The Labute approximate surface area is 237 Å². The van der Waals surface area contributed by atoms with Gasteiger partial charge in [-0.15, -0.1) is 0 Å². The maximum absolute atomic E-state index is 4.61. The van der Waals surface area contributed by atoms with Crippen molar-refractivity contribution in [3.05, 3.63) is 167 Å². The molecule has 39 heavy (non-hydrogen) atoms. The molecule has 0 saturated carbocycles. The minimum Gasteiger partial charge on any atom is -0.338 e. The van der Waals surface area contributed by atoms with Crippen LogP contribution < -0.4 is 4.90 Å². The molecule has 0 spiro atoms. The summed E-state index contributed by atoms with van der Waals surface area (Å²) in [4.78, 5) is 3.54. The van der Waals surface area contributed by atoms with Crippen LogP contribution in [0.5, 0.6) is 0 Å². The summed E-state index contributed by atoms with van der Waals surface area (Å²) in [6.07, 6.45) is 15.7. The molecule has 1 atom stereocenters. The van der Waals surface area contributed by atoms with Crippen molar-refractivity contribution in [3.63, 3.8) is 0 Å². The first-order valence-corrected chi connectivity index (χ1v) is 14.2. The number of allylic oxidation sites excluding steroid dienone is 8. The standard InChI is InChI=1S/C37H35NS/c1-28-25-26-31-20-13-14-21-32(31)36(28)37(3,27-30-18-10-8-11-19-30)29(2)17-9-6-5-7-12-24-35-38(4)33-22-15-16-23-34(33)39-35/h5-26H,2,27H2,1,3-4H3/b6-5+,12-7+,17-9+,35-24-. The Morgan fingerprint density at radius 3 is 2.33 bits per heavy atom. The summed E-state index contributed by atoms with van der Waals surface area (Å²) in [5.41, 5.74) is 6.07. The molecule has 0 aromatic heterocycles. The van der Waals surface area contributed by atoms with E-state index in [0.717, 1.165) is 12.0 Å². The smallest absolute Gasteiger partial charge is 0.0798 e. The van der Waals surface area contributed by atoms with E-state index in [1.807, 2.05) is 0 Å². The van der Waals surface area contributed by atoms with E-state index in [0.29, 0.717) is 0 Å². The lowest BCUT2D eigenvalue weighted by atomic mass is 9.69. The van der Waals surface area contributed by atoms with Crippen molar-refractivity contribution >= 4 is 28.2 Å². The number of hydrogen-bond donors (Lipinski definition) is 0. The summed E-state index contributed by atoms with van der Waals surface area (Å²) in [5.74, 6) is 0. The summed E-state index contributed by atoms with van der Waals surface area (Å²) < 4.78 is 0. The first-order valence-electron chi connectivity index (χ1n) is 13.4. The van der Waals surface area contributed by atoms with Gasteiger partial charge in [0.1, 0.15) is 0 Å². The quantitative estimate of drug-likeness (QED) is 0.211. The summed E-state index contributed by atoms with van der Waals surface area (Å²) in [6.45, 7) is 9.17. The number of benzene rings is 4. The number of nitrogens with zero attached hydrogens (tertiary/aromatic N) is 1. The molecular formula is C37H35NS. The molecular weight excluding hydrogens is 490 g/mol. The van der Waals surface area contributed by atoms with E-state index in [-0.39, 0.29) is 5.41 Å². The summed E-state index contributed by atoms with van der Waals surface area (Å²) >= 11 is 1.81. The monoisotopic (exact) mass is 525 g/mol. The van der Waals surface area contributed by atoms with E-state index in [9.17, 15) is 0 Å². The van der Waals surface area contributed by atoms with Gasteiger partial charge in [0.05, 0.1) is 10.7 Å². The molecule has 1 nitrogen and oxygen atoms in total. The fourth-order valence-corrected chi connectivity index (χ4v) is 6.50. The number of para-hydroxylation sites is 1. The number of rotatable bonds is 8. The molecule has 0 aliphatic carbocycles. The Kier molecular flexibility index (Phi) is 8.05. The third kappa shape index (κ3) is 5.72. The largest absolute Gasteiger partial charge is 0.338 e. The molecule has 0 amide bonds. The molecule has 0 fully saturated rings. The molecule has 194 valence electrons. The third-order valence-corrected chi connectivity index (χ3v) is 8.73. The van der Waals surface area contributed by atoms with Crippen molar-refractivity contribution in [1.82, 2.24) is 0 Å². The van der Waals surface area contributed by atoms with Crippen LogP contribution in [-0.2, 0) is 11.8 Å². The van der Waals surface area contributed by atoms with Gasteiger partial charge in [-0.3, -0.25) is 0 Å². The van der Waals surface area contributed by atoms with Gasteiger partial charge in [-0.1, -0.05) is 141 Å². The van der Waals surface area contributed by atoms with Crippen LogP contribution in [0.3, 0.4) is 0 Å². The van der Waals surface area contributed by atoms with Crippen molar-refractivity contribution in [3.8, 4) is 0 Å². The van der Waals surface area contributed by atoms with Crippen molar-refractivity contribution in [1.29, 1.82) is 0 Å². The van der Waals surface area contributed by atoms with Crippen LogP contribution in [-0.4, -0.2) is 7.05 Å². The predicted molar refractivity (Wildman–Crippen MR) is 172 cm³/mol. The lowest BCUT2D eigenvalue weighted by molar-refractivity contribution is 0.569. The molecule has 0 bridgehead atoms. The minimum absolute atomic E-state index is 0.254. The second kappa shape index (κ2) is 11.8. The zero-order valence-electron chi connectivity index (χ0n) is 23.0. The Balaban J connectivity index is 1.36. The van der Waals surface area contributed by atoms with Crippen LogP contribution >= 0.6 is 11.8 Å². The average molecular weight is 526 g/mol. The highest BCUT2D eigenvalue weighted by Crippen LogP contribution is 2.44. The lowest BCUT2D eigenvalue weighted by Crippen LogP contribution is -2.28. The van der Waals surface area contributed by atoms with E-state index in [4.69, 9.17) is 0 Å². The highest BCUT2D eigenvalue weighted by molar-refractivity contribution is 8.03. The number of fused-ring (bicyclic) bond motifs is 2. The van der Waals surface area contributed by atoms with E-state index in [1.165, 1.54) is 43.1 Å². The molecule has 0 radical (unpaired) electrons. The molecule has 1 aliphatic rings. The molecule has 1 aliphatic heterocycles. The summed E-state index contributed by atoms with van der Waals surface area (Å²) in [6, 6.07) is 32.4. The van der Waals surface area contributed by atoms with E-state index in [2.05, 4.69) is 166 Å². The van der Waals surface area contributed by atoms with Crippen molar-refractivity contribution in [2.75, 3.05) is 11.9 Å². The second-order valence-electron chi connectivity index (χ2n) is 10.3. The van der Waals surface area contributed by atoms with Gasteiger partial charge < -0.3 is 4.90 Å². The molecule has 0 saturated heterocycles. The Morgan fingerprint density at radius 1 is 0.821 bits per heavy atom. The van der Waals surface area contributed by atoms with Gasteiger partial charge in [-0.05, 0) is 64.6 Å². The molecule has 2 heteroatoms. The Hall–Kier alpha value is -4.01. The molecule has 1 heterocycles. The average Bonchev–Trinajstić information content (AvgIpc) is 3.27. The van der Waals surface area contributed by atoms with Gasteiger partial charge >= 0.3 is 0 Å². The minimum atomic E-state index is -0.254. The van der Waals surface area contributed by atoms with Crippen LogP contribution in [0.4, 0.5) is 5.69 Å². The molecule has 1 unspecified atom stereocenters. The highest BCUT2D eigenvalue weighted by Gasteiger charge is 2.32. The van der Waals surface area contributed by atoms with Gasteiger partial charge in [0.15, 0.2) is 0 Å². The topological polar surface area (TPSA) is 3.24 Å². The fourth-order valence-electron chi connectivity index (χ4n) is 5.43. The highest BCUT2D eigenvalue weighted by atomic mass is 32.2. The van der Waals surface area contributed by atoms with Gasteiger partial charge in [0.25, 0.3) is 0 Å². The van der Waals surface area contributed by atoms with Crippen molar-refractivity contribution in [2.24, 2.45) is 0 Å². The summed E-state index contributed by atoms with van der Waals surface area (Å²) in [7, 11) is 2.12. The van der Waals surface area contributed by atoms with Crippen LogP contribution in [0.15, 0.2) is 156 Å². The van der Waals surface area contributed by atoms with Gasteiger partial charge in [0, 0.05) is 17.4 Å². The number of anilines is 1. The second-order valence-corrected chi connectivity index (χ2v) is 11.3. The normalized spacial score (nSPS) is 16.1. The Bertz CT molecular complexity index is 1610. The number of hydrogen-bond acceptors (Lipinski definition) is 2. The van der Waals surface area contributed by atoms with E-state index in [1.54, 1.807) is 11.8 Å². The molecule has 4 aromatic carbocycles. The van der Waals surface area contributed by atoms with Crippen LogP contribution in [0.25, 0.3) is 10.8 Å². The van der Waals surface area contributed by atoms with E-state index < -0.39 is 0 Å². The van der Waals surface area contributed by atoms with Crippen LogP contribution in [0.1, 0.15) is 23.6 Å². The van der Waals surface area contributed by atoms with Crippen LogP contribution in [0.2, 0.25) is 0 Å². The third-order valence-electron chi connectivity index (χ3n) is 7.55. The van der Waals surface area contributed by atoms with Gasteiger partial charge in [-0.25, -0.2) is 0 Å². The van der Waals surface area contributed by atoms with Gasteiger partial charge in [-0.2, -0.15) is 0 Å². The zero-order valence-corrected chi connectivity index (χ0v) is 23.8. The zero-order chi connectivity index (χ0) is 27.2. The SMILES string of the molecule is C=C(/C=C/C=C/C=C/C=C1\Sc2ccccc2N1C)C(C)(Cc1ccccc1)c1c(C)ccc2ccccc12. The van der Waals surface area contributed by atoms with E-state index >= 15 is 0 Å².